The van der Waals surface area contributed by atoms with E-state index in [2.05, 4.69) is 11.1 Å². The third-order valence-corrected chi connectivity index (χ3v) is 2.88. The minimum atomic E-state index is -1.00. The SMILES string of the molecule is CC(O)(Cc1cccnc1)c1cccc(C#N)c1. The van der Waals surface area contributed by atoms with Crippen LogP contribution in [0.2, 0.25) is 0 Å². The molecule has 0 bridgehead atoms. The lowest BCUT2D eigenvalue weighted by Crippen LogP contribution is -2.24. The van der Waals surface area contributed by atoms with Gasteiger partial charge in [-0.15, -0.1) is 0 Å². The van der Waals surface area contributed by atoms with Gasteiger partial charge in [0.2, 0.25) is 0 Å². The fraction of sp³-hybridized carbons (Fsp3) is 0.200. The molecule has 1 N–H and O–H groups in total. The first kappa shape index (κ1) is 12.3. The highest BCUT2D eigenvalue weighted by Gasteiger charge is 2.23. The van der Waals surface area contributed by atoms with Gasteiger partial charge in [0.15, 0.2) is 0 Å². The van der Waals surface area contributed by atoms with E-state index >= 15 is 0 Å². The Morgan fingerprint density at radius 2 is 2.17 bits per heavy atom. The molecule has 3 nitrogen and oxygen atoms in total. The molecule has 0 aliphatic heterocycles. The predicted molar refractivity (Wildman–Crippen MR) is 68.7 cm³/mol. The first-order chi connectivity index (χ1) is 8.62. The third kappa shape index (κ3) is 2.73. The van der Waals surface area contributed by atoms with Crippen molar-refractivity contribution in [2.45, 2.75) is 18.9 Å². The predicted octanol–water partition coefficient (Wildman–Crippen LogP) is 2.40. The van der Waals surface area contributed by atoms with Crippen LogP contribution in [-0.4, -0.2) is 10.1 Å². The van der Waals surface area contributed by atoms with Gasteiger partial charge in [-0.1, -0.05) is 18.2 Å². The molecule has 1 atom stereocenters. The quantitative estimate of drug-likeness (QED) is 0.893. The zero-order valence-electron chi connectivity index (χ0n) is 10.2. The second kappa shape index (κ2) is 4.99. The topological polar surface area (TPSA) is 56.9 Å². The van der Waals surface area contributed by atoms with Crippen LogP contribution in [0.15, 0.2) is 48.8 Å². The van der Waals surface area contributed by atoms with Gasteiger partial charge in [0.25, 0.3) is 0 Å². The molecule has 1 aromatic heterocycles. The molecule has 90 valence electrons. The van der Waals surface area contributed by atoms with Crippen LogP contribution in [0.3, 0.4) is 0 Å². The molecular weight excluding hydrogens is 224 g/mol. The molecule has 1 heterocycles. The third-order valence-electron chi connectivity index (χ3n) is 2.88. The van der Waals surface area contributed by atoms with Gasteiger partial charge in [0, 0.05) is 18.8 Å². The highest BCUT2D eigenvalue weighted by Crippen LogP contribution is 2.25. The van der Waals surface area contributed by atoms with Gasteiger partial charge in [0.05, 0.1) is 17.2 Å². The number of hydrogen-bond donors (Lipinski definition) is 1. The van der Waals surface area contributed by atoms with Crippen molar-refractivity contribution in [3.8, 4) is 6.07 Å². The van der Waals surface area contributed by atoms with Crippen LogP contribution in [0, 0.1) is 11.3 Å². The molecule has 2 aromatic rings. The molecular formula is C15H14N2O. The molecule has 2 rings (SSSR count). The average Bonchev–Trinajstić information content (AvgIpc) is 2.39. The van der Waals surface area contributed by atoms with Crippen LogP contribution >= 0.6 is 0 Å². The van der Waals surface area contributed by atoms with Gasteiger partial charge in [-0.3, -0.25) is 4.98 Å². The second-order valence-corrected chi connectivity index (χ2v) is 4.50. The fourth-order valence-corrected chi connectivity index (χ4v) is 1.93. The Balaban J connectivity index is 2.28. The van der Waals surface area contributed by atoms with E-state index in [1.165, 1.54) is 0 Å². The lowest BCUT2D eigenvalue weighted by molar-refractivity contribution is 0.0575. The van der Waals surface area contributed by atoms with E-state index in [1.807, 2.05) is 18.2 Å². The molecule has 0 spiro atoms. The second-order valence-electron chi connectivity index (χ2n) is 4.50. The summed E-state index contributed by atoms with van der Waals surface area (Å²) in [6, 6.07) is 12.9. The van der Waals surface area contributed by atoms with Crippen LogP contribution in [0.25, 0.3) is 0 Å². The molecule has 1 aromatic carbocycles. The van der Waals surface area contributed by atoms with Crippen molar-refractivity contribution < 1.29 is 5.11 Å². The molecule has 0 aliphatic rings. The van der Waals surface area contributed by atoms with E-state index in [4.69, 9.17) is 5.26 Å². The van der Waals surface area contributed by atoms with E-state index in [9.17, 15) is 5.11 Å². The molecule has 0 aliphatic carbocycles. The molecule has 0 fully saturated rings. The zero-order chi connectivity index (χ0) is 13.0. The number of nitrogens with zero attached hydrogens (tertiary/aromatic N) is 2. The minimum absolute atomic E-state index is 0.468. The lowest BCUT2D eigenvalue weighted by atomic mass is 9.89. The summed E-state index contributed by atoms with van der Waals surface area (Å²) in [4.78, 5) is 4.03. The van der Waals surface area contributed by atoms with Gasteiger partial charge >= 0.3 is 0 Å². The number of benzene rings is 1. The van der Waals surface area contributed by atoms with E-state index in [1.54, 1.807) is 37.5 Å². The monoisotopic (exact) mass is 238 g/mol. The molecule has 1 unspecified atom stereocenters. The molecule has 0 saturated carbocycles. The van der Waals surface area contributed by atoms with Gasteiger partial charge in [-0.2, -0.15) is 5.26 Å². The van der Waals surface area contributed by atoms with E-state index in [0.29, 0.717) is 12.0 Å². The first-order valence-electron chi connectivity index (χ1n) is 5.74. The Morgan fingerprint density at radius 1 is 1.33 bits per heavy atom. The summed E-state index contributed by atoms with van der Waals surface area (Å²) in [7, 11) is 0. The highest BCUT2D eigenvalue weighted by molar-refractivity contribution is 5.36. The number of aromatic nitrogens is 1. The van der Waals surface area contributed by atoms with E-state index in [-0.39, 0.29) is 0 Å². The Hall–Kier alpha value is -2.18. The lowest BCUT2D eigenvalue weighted by Gasteiger charge is -2.24. The average molecular weight is 238 g/mol. The molecule has 0 radical (unpaired) electrons. The number of hydrogen-bond acceptors (Lipinski definition) is 3. The highest BCUT2D eigenvalue weighted by atomic mass is 16.3. The first-order valence-corrected chi connectivity index (χ1v) is 5.74. The van der Waals surface area contributed by atoms with Crippen molar-refractivity contribution in [2.24, 2.45) is 0 Å². The van der Waals surface area contributed by atoms with Crippen molar-refractivity contribution in [3.05, 3.63) is 65.5 Å². The van der Waals surface area contributed by atoms with Gasteiger partial charge in [-0.25, -0.2) is 0 Å². The minimum Gasteiger partial charge on any atom is -0.385 e. The smallest absolute Gasteiger partial charge is 0.0991 e. The van der Waals surface area contributed by atoms with E-state index in [0.717, 1.165) is 11.1 Å². The normalized spacial score (nSPS) is 13.6. The Morgan fingerprint density at radius 3 is 2.83 bits per heavy atom. The maximum absolute atomic E-state index is 10.5. The maximum atomic E-state index is 10.5. The summed E-state index contributed by atoms with van der Waals surface area (Å²) in [5.41, 5.74) is 1.25. The number of pyridine rings is 1. The zero-order valence-corrected chi connectivity index (χ0v) is 10.2. The summed E-state index contributed by atoms with van der Waals surface area (Å²) in [5.74, 6) is 0. The summed E-state index contributed by atoms with van der Waals surface area (Å²) in [6.07, 6.45) is 3.91. The van der Waals surface area contributed by atoms with Crippen molar-refractivity contribution >= 4 is 0 Å². The summed E-state index contributed by atoms with van der Waals surface area (Å²) >= 11 is 0. The van der Waals surface area contributed by atoms with Crippen LogP contribution in [0.4, 0.5) is 0 Å². The molecule has 18 heavy (non-hydrogen) atoms. The maximum Gasteiger partial charge on any atom is 0.0991 e. The Labute approximate surface area is 106 Å². The number of rotatable bonds is 3. The fourth-order valence-electron chi connectivity index (χ4n) is 1.93. The van der Waals surface area contributed by atoms with E-state index < -0.39 is 5.60 Å². The van der Waals surface area contributed by atoms with Crippen molar-refractivity contribution in [2.75, 3.05) is 0 Å². The van der Waals surface area contributed by atoms with Crippen LogP contribution < -0.4 is 0 Å². The van der Waals surface area contributed by atoms with Crippen molar-refractivity contribution in [3.63, 3.8) is 0 Å². The van der Waals surface area contributed by atoms with Crippen LogP contribution in [0.5, 0.6) is 0 Å². The van der Waals surface area contributed by atoms with Crippen molar-refractivity contribution in [1.29, 1.82) is 5.26 Å². The Kier molecular flexibility index (Phi) is 3.40. The van der Waals surface area contributed by atoms with Crippen LogP contribution in [0.1, 0.15) is 23.6 Å². The molecule has 0 amide bonds. The van der Waals surface area contributed by atoms with Crippen LogP contribution in [-0.2, 0) is 12.0 Å². The molecule has 3 heteroatoms. The van der Waals surface area contributed by atoms with Crippen molar-refractivity contribution in [1.82, 2.24) is 4.98 Å². The molecule has 0 saturated heterocycles. The Bertz CT molecular complexity index is 571. The van der Waals surface area contributed by atoms with Gasteiger partial charge in [-0.05, 0) is 36.2 Å². The summed E-state index contributed by atoms with van der Waals surface area (Å²) in [6.45, 7) is 1.75. The summed E-state index contributed by atoms with van der Waals surface area (Å²) < 4.78 is 0. The summed E-state index contributed by atoms with van der Waals surface area (Å²) in [5, 5.41) is 19.4. The standard InChI is InChI=1S/C15H14N2O/c1-15(18,9-13-5-3-7-17-11-13)14-6-2-4-12(8-14)10-16/h2-8,11,18H,9H2,1H3. The largest absolute Gasteiger partial charge is 0.385 e. The number of aliphatic hydroxyl groups is 1. The number of nitriles is 1. The van der Waals surface area contributed by atoms with Gasteiger partial charge in [0.1, 0.15) is 0 Å². The van der Waals surface area contributed by atoms with Gasteiger partial charge < -0.3 is 5.11 Å².